The van der Waals surface area contributed by atoms with Crippen molar-refractivity contribution in [3.8, 4) is 10.9 Å². The summed E-state index contributed by atoms with van der Waals surface area (Å²) >= 11 is 1.38. The molecule has 1 amide bonds. The molecule has 0 aliphatic carbocycles. The van der Waals surface area contributed by atoms with Crippen LogP contribution in [0.1, 0.15) is 16.8 Å². The average Bonchev–Trinajstić information content (AvgIpc) is 3.18. The number of rotatable bonds is 4. The van der Waals surface area contributed by atoms with E-state index < -0.39 is 6.36 Å². The zero-order valence-corrected chi connectivity index (χ0v) is 13.1. The first-order valence-electron chi connectivity index (χ1n) is 7.12. The van der Waals surface area contributed by atoms with Crippen LogP contribution in [0.4, 0.5) is 13.2 Å². The molecule has 1 saturated heterocycles. The number of likely N-dealkylation sites (tertiary alicyclic amines) is 1. The minimum absolute atomic E-state index is 0.132. The van der Waals surface area contributed by atoms with Crippen molar-refractivity contribution in [2.45, 2.75) is 18.9 Å². The highest BCUT2D eigenvalue weighted by molar-refractivity contribution is 7.11. The number of thiazole rings is 1. The first-order valence-corrected chi connectivity index (χ1v) is 8.00. The van der Waals surface area contributed by atoms with Gasteiger partial charge in [-0.1, -0.05) is 11.3 Å². The maximum atomic E-state index is 12.4. The Morgan fingerprint density at radius 1 is 1.29 bits per heavy atom. The molecule has 1 aromatic carbocycles. The third-order valence-electron chi connectivity index (χ3n) is 3.44. The summed E-state index contributed by atoms with van der Waals surface area (Å²) in [4.78, 5) is 18.0. The summed E-state index contributed by atoms with van der Waals surface area (Å²) in [5, 5.41) is 2.36. The lowest BCUT2D eigenvalue weighted by molar-refractivity contribution is -0.274. The zero-order chi connectivity index (χ0) is 17.2. The summed E-state index contributed by atoms with van der Waals surface area (Å²) in [7, 11) is 0. The van der Waals surface area contributed by atoms with Gasteiger partial charge in [0.15, 0.2) is 0 Å². The van der Waals surface area contributed by atoms with E-state index in [1.54, 1.807) is 16.5 Å². The van der Waals surface area contributed by atoms with Crippen molar-refractivity contribution >= 4 is 17.2 Å². The molecule has 1 aromatic heterocycles. The first-order chi connectivity index (χ1) is 11.4. The van der Waals surface area contributed by atoms with Crippen LogP contribution in [0.5, 0.6) is 10.9 Å². The zero-order valence-electron chi connectivity index (χ0n) is 12.3. The maximum absolute atomic E-state index is 12.4. The number of carbonyl (C=O) groups excluding carboxylic acids is 1. The van der Waals surface area contributed by atoms with E-state index in [1.165, 1.54) is 23.5 Å². The molecule has 0 spiro atoms. The van der Waals surface area contributed by atoms with Crippen molar-refractivity contribution in [2.75, 3.05) is 13.1 Å². The van der Waals surface area contributed by atoms with Gasteiger partial charge >= 0.3 is 6.36 Å². The fourth-order valence-corrected chi connectivity index (χ4v) is 2.95. The van der Waals surface area contributed by atoms with Crippen LogP contribution in [0.3, 0.4) is 0 Å². The van der Waals surface area contributed by atoms with E-state index in [1.807, 2.05) is 0 Å². The third kappa shape index (κ3) is 4.16. The lowest BCUT2D eigenvalue weighted by Crippen LogP contribution is -2.30. The number of halogens is 3. The number of alkyl halides is 3. The van der Waals surface area contributed by atoms with Crippen LogP contribution < -0.4 is 9.47 Å². The highest BCUT2D eigenvalue weighted by Gasteiger charge is 2.32. The Balaban J connectivity index is 1.58. The van der Waals surface area contributed by atoms with Gasteiger partial charge in [-0.05, 0) is 24.3 Å². The van der Waals surface area contributed by atoms with Gasteiger partial charge in [-0.2, -0.15) is 0 Å². The van der Waals surface area contributed by atoms with Gasteiger partial charge in [-0.15, -0.1) is 13.2 Å². The Kier molecular flexibility index (Phi) is 4.61. The van der Waals surface area contributed by atoms with Crippen LogP contribution in [-0.4, -0.2) is 41.3 Å². The molecule has 9 heteroatoms. The molecule has 1 fully saturated rings. The van der Waals surface area contributed by atoms with E-state index in [-0.39, 0.29) is 17.8 Å². The molecular formula is C15H13F3N2O3S. The van der Waals surface area contributed by atoms with E-state index in [4.69, 9.17) is 4.74 Å². The first kappa shape index (κ1) is 16.6. The lowest BCUT2D eigenvalue weighted by atomic mass is 10.2. The Morgan fingerprint density at radius 3 is 2.67 bits per heavy atom. The van der Waals surface area contributed by atoms with Gasteiger partial charge in [-0.25, -0.2) is 4.98 Å². The Bertz CT molecular complexity index is 689. The van der Waals surface area contributed by atoms with Crippen LogP contribution >= 0.6 is 11.3 Å². The van der Waals surface area contributed by atoms with E-state index in [0.29, 0.717) is 30.3 Å². The largest absolute Gasteiger partial charge is 0.573 e. The highest BCUT2D eigenvalue weighted by atomic mass is 32.1. The summed E-state index contributed by atoms with van der Waals surface area (Å²) in [6.07, 6.45) is -2.56. The monoisotopic (exact) mass is 358 g/mol. The van der Waals surface area contributed by atoms with Crippen molar-refractivity contribution in [3.05, 3.63) is 41.4 Å². The van der Waals surface area contributed by atoms with Gasteiger partial charge < -0.3 is 14.4 Å². The predicted octanol–water partition coefficient (Wildman–Crippen LogP) is 3.34. The van der Waals surface area contributed by atoms with Gasteiger partial charge in [-0.3, -0.25) is 4.79 Å². The van der Waals surface area contributed by atoms with E-state index >= 15 is 0 Å². The molecule has 1 unspecified atom stereocenters. The lowest BCUT2D eigenvalue weighted by Gasteiger charge is -2.17. The van der Waals surface area contributed by atoms with Gasteiger partial charge in [0.1, 0.15) is 11.9 Å². The minimum Gasteiger partial charge on any atom is -0.465 e. The summed E-state index contributed by atoms with van der Waals surface area (Å²) in [6.45, 7) is 0.939. The van der Waals surface area contributed by atoms with Crippen molar-refractivity contribution < 1.29 is 27.4 Å². The van der Waals surface area contributed by atoms with Crippen molar-refractivity contribution in [3.63, 3.8) is 0 Å². The van der Waals surface area contributed by atoms with E-state index in [0.717, 1.165) is 12.1 Å². The van der Waals surface area contributed by atoms with Gasteiger partial charge in [0, 0.05) is 30.1 Å². The molecule has 1 aliphatic heterocycles. The summed E-state index contributed by atoms with van der Waals surface area (Å²) in [6, 6.07) is 4.89. The SMILES string of the molecule is O=C(c1ccc(OC(F)(F)F)cc1)N1CCC(Oc2nccs2)C1. The molecule has 128 valence electrons. The second-order valence-corrected chi connectivity index (χ2v) is 6.01. The average molecular weight is 358 g/mol. The van der Waals surface area contributed by atoms with E-state index in [2.05, 4.69) is 9.72 Å². The van der Waals surface area contributed by atoms with Gasteiger partial charge in [0.05, 0.1) is 6.54 Å². The third-order valence-corrected chi connectivity index (χ3v) is 4.11. The standard InChI is InChI=1S/C15H13F3N2O3S/c16-15(17,18)23-11-3-1-10(2-4-11)13(21)20-7-5-12(9-20)22-14-19-6-8-24-14/h1-4,6,8,12H,5,7,9H2. The molecule has 24 heavy (non-hydrogen) atoms. The summed E-state index contributed by atoms with van der Waals surface area (Å²) < 4.78 is 45.8. The van der Waals surface area contributed by atoms with Gasteiger partial charge in [0.25, 0.3) is 11.1 Å². The number of hydrogen-bond acceptors (Lipinski definition) is 5. The minimum atomic E-state index is -4.75. The number of hydrogen-bond donors (Lipinski definition) is 0. The molecule has 0 saturated carbocycles. The number of nitrogens with zero attached hydrogens (tertiary/aromatic N) is 2. The van der Waals surface area contributed by atoms with Crippen LogP contribution in [0.25, 0.3) is 0 Å². The second kappa shape index (κ2) is 6.68. The van der Waals surface area contributed by atoms with Crippen LogP contribution in [0.2, 0.25) is 0 Å². The molecule has 5 nitrogen and oxygen atoms in total. The van der Waals surface area contributed by atoms with Crippen LogP contribution in [0, 0.1) is 0 Å². The normalized spacial score (nSPS) is 17.8. The smallest absolute Gasteiger partial charge is 0.465 e. The number of carbonyl (C=O) groups is 1. The molecule has 1 atom stereocenters. The number of aromatic nitrogens is 1. The summed E-state index contributed by atoms with van der Waals surface area (Å²) in [5.41, 5.74) is 0.305. The Morgan fingerprint density at radius 2 is 2.04 bits per heavy atom. The molecule has 0 N–H and O–H groups in total. The van der Waals surface area contributed by atoms with E-state index in [9.17, 15) is 18.0 Å². The molecule has 2 heterocycles. The van der Waals surface area contributed by atoms with Crippen molar-refractivity contribution in [1.29, 1.82) is 0 Å². The number of amides is 1. The molecule has 0 radical (unpaired) electrons. The number of benzene rings is 1. The molecule has 0 bridgehead atoms. The maximum Gasteiger partial charge on any atom is 0.573 e. The van der Waals surface area contributed by atoms with Gasteiger partial charge in [0.2, 0.25) is 0 Å². The molecule has 3 rings (SSSR count). The molecular weight excluding hydrogens is 345 g/mol. The van der Waals surface area contributed by atoms with Crippen LogP contribution in [0.15, 0.2) is 35.8 Å². The molecule has 2 aromatic rings. The fourth-order valence-electron chi connectivity index (χ4n) is 2.40. The highest BCUT2D eigenvalue weighted by Crippen LogP contribution is 2.24. The topological polar surface area (TPSA) is 51.7 Å². The van der Waals surface area contributed by atoms with Crippen molar-refractivity contribution in [1.82, 2.24) is 9.88 Å². The fraction of sp³-hybridized carbons (Fsp3) is 0.333. The number of ether oxygens (including phenoxy) is 2. The quantitative estimate of drug-likeness (QED) is 0.841. The summed E-state index contributed by atoms with van der Waals surface area (Å²) in [5.74, 6) is -0.607. The molecule has 1 aliphatic rings. The Labute approximate surface area is 139 Å². The Hall–Kier alpha value is -2.29. The van der Waals surface area contributed by atoms with Crippen LogP contribution in [-0.2, 0) is 0 Å². The predicted molar refractivity (Wildman–Crippen MR) is 80.2 cm³/mol. The second-order valence-electron chi connectivity index (χ2n) is 5.15. The van der Waals surface area contributed by atoms with Crippen molar-refractivity contribution in [2.24, 2.45) is 0 Å².